The average Bonchev–Trinajstić information content (AvgIpc) is 3.23. The van der Waals surface area contributed by atoms with Crippen molar-refractivity contribution in [3.05, 3.63) is 52.9 Å². The van der Waals surface area contributed by atoms with Crippen LogP contribution in [-0.2, 0) is 11.2 Å². The third-order valence-corrected chi connectivity index (χ3v) is 6.45. The number of anilines is 2. The molecular weight excluding hydrogens is 456 g/mol. The Bertz CT molecular complexity index is 1190. The number of para-hydroxylation sites is 1. The number of hydrogen-bond acceptors (Lipinski definition) is 6. The van der Waals surface area contributed by atoms with Crippen molar-refractivity contribution < 1.29 is 19.0 Å². The summed E-state index contributed by atoms with van der Waals surface area (Å²) in [6.45, 7) is 1.79. The van der Waals surface area contributed by atoms with E-state index in [1.54, 1.807) is 25.6 Å². The van der Waals surface area contributed by atoms with Crippen LogP contribution in [0, 0.1) is 0 Å². The van der Waals surface area contributed by atoms with Crippen molar-refractivity contribution in [2.45, 2.75) is 31.8 Å². The second-order valence-corrected chi connectivity index (χ2v) is 8.76. The van der Waals surface area contributed by atoms with Gasteiger partial charge >= 0.3 is 0 Å². The van der Waals surface area contributed by atoms with E-state index in [0.717, 1.165) is 42.8 Å². The Balaban J connectivity index is 1.55. The van der Waals surface area contributed by atoms with Crippen LogP contribution in [0.25, 0.3) is 11.3 Å². The number of methoxy groups -OCH3 is 1. The number of fused-ring (bicyclic) bond motifs is 1. The number of hydrogen-bond donors (Lipinski definition) is 3. The molecule has 8 nitrogen and oxygen atoms in total. The number of nitrogens with one attached hydrogen (secondary N) is 3. The molecule has 1 fully saturated rings. The molecule has 0 saturated carbocycles. The molecule has 3 N–H and O–H groups in total. The quantitative estimate of drug-likeness (QED) is 0.451. The van der Waals surface area contributed by atoms with Gasteiger partial charge < -0.3 is 29.8 Å². The number of aromatic nitrogens is 2. The fraction of sp³-hybridized carbons (Fsp3) is 0.360. The Morgan fingerprint density at radius 2 is 2.21 bits per heavy atom. The van der Waals surface area contributed by atoms with Gasteiger partial charge in [-0.25, -0.2) is 0 Å². The first-order valence-electron chi connectivity index (χ1n) is 11.5. The van der Waals surface area contributed by atoms with E-state index in [9.17, 15) is 4.79 Å². The second kappa shape index (κ2) is 9.95. The summed E-state index contributed by atoms with van der Waals surface area (Å²) in [4.78, 5) is 20.6. The molecule has 2 aliphatic heterocycles. The van der Waals surface area contributed by atoms with Gasteiger partial charge in [-0.2, -0.15) is 0 Å². The van der Waals surface area contributed by atoms with Crippen LogP contribution in [0.2, 0.25) is 5.02 Å². The van der Waals surface area contributed by atoms with E-state index in [2.05, 4.69) is 20.6 Å². The molecule has 1 amide bonds. The minimum absolute atomic E-state index is 0.0674. The summed E-state index contributed by atoms with van der Waals surface area (Å²) >= 11 is 6.35. The van der Waals surface area contributed by atoms with Crippen LogP contribution < -0.4 is 20.1 Å². The van der Waals surface area contributed by atoms with Crippen LogP contribution >= 0.6 is 11.6 Å². The first kappa shape index (κ1) is 22.6. The zero-order chi connectivity index (χ0) is 23.5. The number of pyridine rings is 1. The maximum absolute atomic E-state index is 12.9. The molecular formula is C25H27ClN4O4. The maximum Gasteiger partial charge on any atom is 0.255 e. The maximum atomic E-state index is 12.9. The van der Waals surface area contributed by atoms with Gasteiger partial charge in [0.05, 0.1) is 47.1 Å². The summed E-state index contributed by atoms with van der Waals surface area (Å²) in [6, 6.07) is 7.33. The standard InChI is InChI=1S/C25H27ClN4O4/c1-32-24-17(26)6-4-7-19(24)30-23-21-18(9-11-28-25(21)31)29-22(23)16-8-10-27-13-20(16)34-14-15-5-2-3-12-33-15/h4,6-8,10,13,15,29-30H,2-3,5,9,11-12,14H2,1H3,(H,28,31). The third-order valence-electron chi connectivity index (χ3n) is 6.15. The van der Waals surface area contributed by atoms with E-state index < -0.39 is 0 Å². The van der Waals surface area contributed by atoms with Crippen LogP contribution in [0.3, 0.4) is 0 Å². The number of nitrogens with zero attached hydrogens (tertiary/aromatic N) is 1. The minimum atomic E-state index is -0.139. The van der Waals surface area contributed by atoms with Crippen molar-refractivity contribution in [3.8, 4) is 22.8 Å². The number of carbonyl (C=O) groups excluding carboxylic acids is 1. The summed E-state index contributed by atoms with van der Waals surface area (Å²) < 4.78 is 17.5. The van der Waals surface area contributed by atoms with Crippen LogP contribution in [0.5, 0.6) is 11.5 Å². The van der Waals surface area contributed by atoms with Gasteiger partial charge in [0.15, 0.2) is 5.75 Å². The number of aromatic amines is 1. The first-order valence-corrected chi connectivity index (χ1v) is 11.8. The van der Waals surface area contributed by atoms with Crippen LogP contribution in [0.1, 0.15) is 35.3 Å². The summed E-state index contributed by atoms with van der Waals surface area (Å²) in [5.41, 5.74) is 4.27. The van der Waals surface area contributed by atoms with Crippen molar-refractivity contribution in [1.29, 1.82) is 0 Å². The lowest BCUT2D eigenvalue weighted by Crippen LogP contribution is -2.31. The Labute approximate surface area is 203 Å². The minimum Gasteiger partial charge on any atom is -0.493 e. The first-order chi connectivity index (χ1) is 16.7. The van der Waals surface area contributed by atoms with Crippen molar-refractivity contribution >= 4 is 28.9 Å². The summed E-state index contributed by atoms with van der Waals surface area (Å²) in [5.74, 6) is 0.984. The Morgan fingerprint density at radius 1 is 1.29 bits per heavy atom. The van der Waals surface area contributed by atoms with Gasteiger partial charge in [0.25, 0.3) is 5.91 Å². The van der Waals surface area contributed by atoms with E-state index in [0.29, 0.717) is 53.0 Å². The van der Waals surface area contributed by atoms with Crippen LogP contribution in [-0.4, -0.2) is 48.8 Å². The zero-order valence-corrected chi connectivity index (χ0v) is 19.7. The molecule has 1 saturated heterocycles. The SMILES string of the molecule is COc1c(Cl)cccc1Nc1c(-c2ccncc2OCC2CCCCO2)[nH]c2c1C(=O)NCC2. The van der Waals surface area contributed by atoms with E-state index >= 15 is 0 Å². The summed E-state index contributed by atoms with van der Waals surface area (Å²) in [5, 5.41) is 6.81. The fourth-order valence-electron chi connectivity index (χ4n) is 4.48. The molecule has 2 aromatic heterocycles. The largest absolute Gasteiger partial charge is 0.493 e. The normalized spacial score (nSPS) is 17.6. The van der Waals surface area contributed by atoms with E-state index in [-0.39, 0.29) is 12.0 Å². The predicted molar refractivity (Wildman–Crippen MR) is 130 cm³/mol. The van der Waals surface area contributed by atoms with Crippen molar-refractivity contribution in [3.63, 3.8) is 0 Å². The topological polar surface area (TPSA) is 97.5 Å². The summed E-state index contributed by atoms with van der Waals surface area (Å²) in [7, 11) is 1.56. The van der Waals surface area contributed by atoms with Crippen LogP contribution in [0.15, 0.2) is 36.7 Å². The van der Waals surface area contributed by atoms with Gasteiger partial charge in [0.2, 0.25) is 0 Å². The lowest BCUT2D eigenvalue weighted by Gasteiger charge is -2.23. The Kier molecular flexibility index (Phi) is 6.60. The molecule has 1 aromatic carbocycles. The van der Waals surface area contributed by atoms with Gasteiger partial charge in [-0.3, -0.25) is 9.78 Å². The van der Waals surface area contributed by atoms with Crippen molar-refractivity contribution in [1.82, 2.24) is 15.3 Å². The molecule has 5 rings (SSSR count). The molecule has 178 valence electrons. The molecule has 2 aliphatic rings. The molecule has 0 aliphatic carbocycles. The smallest absolute Gasteiger partial charge is 0.255 e. The van der Waals surface area contributed by atoms with E-state index in [4.69, 9.17) is 25.8 Å². The number of halogens is 1. The second-order valence-electron chi connectivity index (χ2n) is 8.35. The highest BCUT2D eigenvalue weighted by Gasteiger charge is 2.29. The number of carbonyl (C=O) groups is 1. The highest BCUT2D eigenvalue weighted by atomic mass is 35.5. The molecule has 4 heterocycles. The molecule has 1 unspecified atom stereocenters. The lowest BCUT2D eigenvalue weighted by atomic mass is 10.0. The van der Waals surface area contributed by atoms with Gasteiger partial charge in [-0.05, 0) is 37.5 Å². The highest BCUT2D eigenvalue weighted by Crippen LogP contribution is 2.42. The average molecular weight is 483 g/mol. The highest BCUT2D eigenvalue weighted by molar-refractivity contribution is 6.32. The van der Waals surface area contributed by atoms with Gasteiger partial charge in [-0.1, -0.05) is 17.7 Å². The molecule has 34 heavy (non-hydrogen) atoms. The summed E-state index contributed by atoms with van der Waals surface area (Å²) in [6.07, 6.45) is 7.38. The van der Waals surface area contributed by atoms with Crippen molar-refractivity contribution in [2.24, 2.45) is 0 Å². The molecule has 0 bridgehead atoms. The Morgan fingerprint density at radius 3 is 3.03 bits per heavy atom. The lowest BCUT2D eigenvalue weighted by molar-refractivity contribution is -0.0110. The van der Waals surface area contributed by atoms with Gasteiger partial charge in [0.1, 0.15) is 12.4 Å². The third kappa shape index (κ3) is 4.43. The van der Waals surface area contributed by atoms with Gasteiger partial charge in [-0.15, -0.1) is 0 Å². The van der Waals surface area contributed by atoms with Gasteiger partial charge in [0, 0.05) is 37.0 Å². The van der Waals surface area contributed by atoms with E-state index in [1.807, 2.05) is 18.2 Å². The number of H-pyrrole nitrogens is 1. The fourth-order valence-corrected chi connectivity index (χ4v) is 4.73. The Hall–Kier alpha value is -3.23. The predicted octanol–water partition coefficient (Wildman–Crippen LogP) is 4.72. The monoisotopic (exact) mass is 482 g/mol. The van der Waals surface area contributed by atoms with Crippen LogP contribution in [0.4, 0.5) is 11.4 Å². The molecule has 0 spiro atoms. The van der Waals surface area contributed by atoms with E-state index in [1.165, 1.54) is 0 Å². The molecule has 9 heteroatoms. The zero-order valence-electron chi connectivity index (χ0n) is 18.9. The number of benzene rings is 1. The van der Waals surface area contributed by atoms with Crippen molar-refractivity contribution in [2.75, 3.05) is 32.2 Å². The molecule has 0 radical (unpaired) electrons. The molecule has 3 aromatic rings. The molecule has 1 atom stereocenters. The number of ether oxygens (including phenoxy) is 3. The number of rotatable bonds is 7. The number of amides is 1.